The molecule has 14 aromatic rings. The fourth-order valence-electron chi connectivity index (χ4n) is 10.2. The maximum absolute atomic E-state index is 6.86. The van der Waals surface area contributed by atoms with Crippen LogP contribution >= 0.6 is 0 Å². The van der Waals surface area contributed by atoms with E-state index in [4.69, 9.17) is 19.4 Å². The van der Waals surface area contributed by atoms with Crippen molar-refractivity contribution in [3.63, 3.8) is 0 Å². The lowest BCUT2D eigenvalue weighted by molar-refractivity contribution is 0.670. The van der Waals surface area contributed by atoms with Crippen molar-refractivity contribution in [1.29, 1.82) is 0 Å². The lowest BCUT2D eigenvalue weighted by atomic mass is 9.97. The first-order valence-corrected chi connectivity index (χ1v) is 21.7. The molecular formula is C59H34N4O. The van der Waals surface area contributed by atoms with Crippen LogP contribution in [0.25, 0.3) is 137 Å². The average molecular weight is 815 g/mol. The zero-order valence-corrected chi connectivity index (χ0v) is 34.3. The summed E-state index contributed by atoms with van der Waals surface area (Å²) in [7, 11) is 0. The molecule has 0 aliphatic carbocycles. The minimum absolute atomic E-state index is 0.559. The SMILES string of the molecule is c1ccc(-c2nc(-c3cc4ccccc4c4ccccc34)nc(-c3cccc4c3oc3ccc5cc(-n6c7cc8ccccc8cc7c7cc8ccccc8cc76)ccc5c34)n2)cc1. The lowest BCUT2D eigenvalue weighted by Gasteiger charge is -2.12. The molecule has 0 amide bonds. The number of fused-ring (bicyclic) bond motifs is 13. The van der Waals surface area contributed by atoms with E-state index in [2.05, 4.69) is 180 Å². The second-order valence-corrected chi connectivity index (χ2v) is 16.8. The Hall–Kier alpha value is -8.67. The smallest absolute Gasteiger partial charge is 0.167 e. The van der Waals surface area contributed by atoms with E-state index in [1.807, 2.05) is 30.3 Å². The summed E-state index contributed by atoms with van der Waals surface area (Å²) in [6.45, 7) is 0. The van der Waals surface area contributed by atoms with Gasteiger partial charge in [0, 0.05) is 38.4 Å². The van der Waals surface area contributed by atoms with E-state index in [0.29, 0.717) is 17.5 Å². The summed E-state index contributed by atoms with van der Waals surface area (Å²) >= 11 is 0. The van der Waals surface area contributed by atoms with Gasteiger partial charge in [0.1, 0.15) is 11.2 Å². The van der Waals surface area contributed by atoms with Gasteiger partial charge in [-0.15, -0.1) is 0 Å². The van der Waals surface area contributed by atoms with Gasteiger partial charge in [-0.05, 0) is 108 Å². The normalized spacial score (nSPS) is 12.1. The summed E-state index contributed by atoms with van der Waals surface area (Å²) < 4.78 is 9.29. The number of rotatable bonds is 4. The van der Waals surface area contributed by atoms with E-state index >= 15 is 0 Å². The summed E-state index contributed by atoms with van der Waals surface area (Å²) in [5.41, 5.74) is 7.73. The minimum Gasteiger partial charge on any atom is -0.455 e. The Morgan fingerprint density at radius 2 is 0.891 bits per heavy atom. The van der Waals surface area contributed by atoms with E-state index in [9.17, 15) is 0 Å². The standard InChI is InChI=1S/C59H34N4O/c1-2-13-35(14-3-1)57-60-58(62-59(61-57)51-32-40-19-8-9-20-43(40)45-21-10-11-22-46(45)51)48-24-12-23-47-55-44-27-26-42(29-41(44)25-28-54(55)64-56(47)48)63-52-33-38-17-6-4-15-36(38)30-49(52)50-31-37-16-5-7-18-39(37)34-53(50)63/h1-34H. The van der Waals surface area contributed by atoms with Crippen LogP contribution in [0.2, 0.25) is 0 Å². The predicted octanol–water partition coefficient (Wildman–Crippen LogP) is 15.6. The van der Waals surface area contributed by atoms with Crippen LogP contribution in [0.15, 0.2) is 211 Å². The maximum Gasteiger partial charge on any atom is 0.167 e. The molecule has 64 heavy (non-hydrogen) atoms. The van der Waals surface area contributed by atoms with Crippen LogP contribution in [0.3, 0.4) is 0 Å². The Kier molecular flexibility index (Phi) is 7.33. The van der Waals surface area contributed by atoms with Gasteiger partial charge >= 0.3 is 0 Å². The van der Waals surface area contributed by atoms with Crippen LogP contribution in [0.4, 0.5) is 0 Å². The quantitative estimate of drug-likeness (QED) is 0.166. The number of benzene rings is 11. The van der Waals surface area contributed by atoms with Crippen LogP contribution in [0.5, 0.6) is 0 Å². The van der Waals surface area contributed by atoms with Crippen LogP contribution < -0.4 is 0 Å². The van der Waals surface area contributed by atoms with Crippen molar-refractivity contribution in [1.82, 2.24) is 19.5 Å². The molecule has 0 bridgehead atoms. The molecular weight excluding hydrogens is 781 g/mol. The van der Waals surface area contributed by atoms with Gasteiger partial charge in [-0.25, -0.2) is 15.0 Å². The van der Waals surface area contributed by atoms with Crippen molar-refractivity contribution in [3.8, 4) is 39.9 Å². The van der Waals surface area contributed by atoms with Crippen molar-refractivity contribution in [3.05, 3.63) is 206 Å². The molecule has 0 fully saturated rings. The maximum atomic E-state index is 6.86. The molecule has 5 nitrogen and oxygen atoms in total. The van der Waals surface area contributed by atoms with Gasteiger partial charge in [-0.3, -0.25) is 0 Å². The highest BCUT2D eigenvalue weighted by atomic mass is 16.3. The largest absolute Gasteiger partial charge is 0.455 e. The number of nitrogens with zero attached hydrogens (tertiary/aromatic N) is 4. The van der Waals surface area contributed by atoms with E-state index in [-0.39, 0.29) is 0 Å². The molecule has 11 aromatic carbocycles. The first-order chi connectivity index (χ1) is 31.7. The third-order valence-electron chi connectivity index (χ3n) is 13.1. The summed E-state index contributed by atoms with van der Waals surface area (Å²) in [5, 5.41) is 16.3. The number of para-hydroxylation sites is 1. The molecule has 3 heterocycles. The molecule has 0 spiro atoms. The molecule has 5 heteroatoms. The summed E-state index contributed by atoms with van der Waals surface area (Å²) in [6.07, 6.45) is 0. The van der Waals surface area contributed by atoms with Crippen LogP contribution in [0.1, 0.15) is 0 Å². The first-order valence-electron chi connectivity index (χ1n) is 21.7. The first kappa shape index (κ1) is 35.0. The molecule has 0 aliphatic rings. The molecule has 0 unspecified atom stereocenters. The predicted molar refractivity (Wildman–Crippen MR) is 265 cm³/mol. The molecule has 0 N–H and O–H groups in total. The zero-order chi connectivity index (χ0) is 41.9. The van der Waals surface area contributed by atoms with Gasteiger partial charge in [0.05, 0.1) is 16.6 Å². The van der Waals surface area contributed by atoms with Crippen molar-refractivity contribution in [2.24, 2.45) is 0 Å². The number of furan rings is 1. The monoisotopic (exact) mass is 814 g/mol. The molecule has 0 radical (unpaired) electrons. The average Bonchev–Trinajstić information content (AvgIpc) is 3.89. The number of hydrogen-bond acceptors (Lipinski definition) is 4. The Morgan fingerprint density at radius 1 is 0.328 bits per heavy atom. The van der Waals surface area contributed by atoms with Gasteiger partial charge in [0.2, 0.25) is 0 Å². The molecule has 0 aliphatic heterocycles. The van der Waals surface area contributed by atoms with Gasteiger partial charge in [0.25, 0.3) is 0 Å². The Morgan fingerprint density at radius 3 is 1.61 bits per heavy atom. The van der Waals surface area contributed by atoms with Gasteiger partial charge in [-0.2, -0.15) is 0 Å². The van der Waals surface area contributed by atoms with E-state index in [1.54, 1.807) is 0 Å². The zero-order valence-electron chi connectivity index (χ0n) is 34.3. The highest BCUT2D eigenvalue weighted by molar-refractivity contribution is 6.22. The van der Waals surface area contributed by atoms with E-state index in [1.165, 1.54) is 48.7 Å². The van der Waals surface area contributed by atoms with E-state index < -0.39 is 0 Å². The highest BCUT2D eigenvalue weighted by Crippen LogP contribution is 2.42. The molecule has 3 aromatic heterocycles. The van der Waals surface area contributed by atoms with E-state index in [0.717, 1.165) is 71.2 Å². The molecule has 296 valence electrons. The number of hydrogen-bond donors (Lipinski definition) is 0. The second-order valence-electron chi connectivity index (χ2n) is 16.8. The van der Waals surface area contributed by atoms with Crippen molar-refractivity contribution in [2.45, 2.75) is 0 Å². The highest BCUT2D eigenvalue weighted by Gasteiger charge is 2.21. The molecule has 0 saturated carbocycles. The molecule has 0 atom stereocenters. The fourth-order valence-corrected chi connectivity index (χ4v) is 10.2. The molecule has 0 saturated heterocycles. The van der Waals surface area contributed by atoms with Crippen molar-refractivity contribution in [2.75, 3.05) is 0 Å². The summed E-state index contributed by atoms with van der Waals surface area (Å²) in [6, 6.07) is 73.4. The van der Waals surface area contributed by atoms with Gasteiger partial charge in [0.15, 0.2) is 17.5 Å². The van der Waals surface area contributed by atoms with Crippen LogP contribution in [0, 0.1) is 0 Å². The van der Waals surface area contributed by atoms with Crippen molar-refractivity contribution >= 4 is 97.6 Å². The summed E-state index contributed by atoms with van der Waals surface area (Å²) in [5.74, 6) is 1.78. The Bertz CT molecular complexity index is 4170. The van der Waals surface area contributed by atoms with Crippen molar-refractivity contribution < 1.29 is 4.42 Å². The van der Waals surface area contributed by atoms with Crippen LogP contribution in [-0.4, -0.2) is 19.5 Å². The topological polar surface area (TPSA) is 56.7 Å². The van der Waals surface area contributed by atoms with Crippen LogP contribution in [-0.2, 0) is 0 Å². The lowest BCUT2D eigenvalue weighted by Crippen LogP contribution is -2.01. The summed E-state index contributed by atoms with van der Waals surface area (Å²) in [4.78, 5) is 15.6. The number of aromatic nitrogens is 4. The fraction of sp³-hybridized carbons (Fsp3) is 0. The second kappa shape index (κ2) is 13.4. The third kappa shape index (κ3) is 5.22. The third-order valence-corrected chi connectivity index (χ3v) is 13.1. The Labute approximate surface area is 366 Å². The van der Waals surface area contributed by atoms with Gasteiger partial charge < -0.3 is 8.98 Å². The minimum atomic E-state index is 0.559. The van der Waals surface area contributed by atoms with Gasteiger partial charge in [-0.1, -0.05) is 152 Å². The Balaban J connectivity index is 0.973. The molecule has 14 rings (SSSR count).